The van der Waals surface area contributed by atoms with E-state index in [1.807, 2.05) is 5.48 Å². The van der Waals surface area contributed by atoms with E-state index in [-0.39, 0.29) is 19.0 Å². The molecule has 2 unspecified atom stereocenters. The SMILES string of the molecule is CCOP(C)(=O)OC[C@H]1O[C@@H](n2ccc(NO)nc2=O)C2OC(C)(C)O[C@H]21. The van der Waals surface area contributed by atoms with Gasteiger partial charge >= 0.3 is 13.3 Å². The second-order valence-corrected chi connectivity index (χ2v) is 8.79. The maximum Gasteiger partial charge on any atom is 0.351 e. The van der Waals surface area contributed by atoms with Crippen LogP contribution >= 0.6 is 7.60 Å². The van der Waals surface area contributed by atoms with Crippen molar-refractivity contribution in [2.24, 2.45) is 0 Å². The van der Waals surface area contributed by atoms with Gasteiger partial charge in [-0.1, -0.05) is 0 Å². The van der Waals surface area contributed by atoms with Gasteiger partial charge in [-0.3, -0.25) is 19.8 Å². The molecule has 1 aromatic rings. The molecule has 0 aliphatic carbocycles. The third kappa shape index (κ3) is 4.40. The fourth-order valence-electron chi connectivity index (χ4n) is 3.17. The van der Waals surface area contributed by atoms with Crippen LogP contribution in [0.5, 0.6) is 0 Å². The zero-order chi connectivity index (χ0) is 19.8. The van der Waals surface area contributed by atoms with Crippen LogP contribution < -0.4 is 11.2 Å². The second kappa shape index (κ2) is 7.59. The van der Waals surface area contributed by atoms with Gasteiger partial charge in [0.25, 0.3) is 0 Å². The summed E-state index contributed by atoms with van der Waals surface area (Å²) in [6.07, 6.45) is -1.14. The molecule has 2 aliphatic rings. The number of fused-ring (bicyclic) bond motifs is 1. The van der Waals surface area contributed by atoms with Crippen molar-refractivity contribution >= 4 is 13.4 Å². The molecule has 0 spiro atoms. The highest BCUT2D eigenvalue weighted by Crippen LogP contribution is 2.47. The van der Waals surface area contributed by atoms with Crippen molar-refractivity contribution in [3.63, 3.8) is 0 Å². The Morgan fingerprint density at radius 2 is 2.07 bits per heavy atom. The molecule has 152 valence electrons. The monoisotopic (exact) mass is 405 g/mol. The maximum absolute atomic E-state index is 12.3. The Bertz CT molecular complexity index is 785. The summed E-state index contributed by atoms with van der Waals surface area (Å²) < 4.78 is 41.7. The molecule has 2 N–H and O–H groups in total. The van der Waals surface area contributed by atoms with Crippen molar-refractivity contribution in [3.8, 4) is 0 Å². The van der Waals surface area contributed by atoms with E-state index in [1.54, 1.807) is 20.8 Å². The third-order valence-corrected chi connectivity index (χ3v) is 5.53. The van der Waals surface area contributed by atoms with Crippen LogP contribution in [0.4, 0.5) is 5.82 Å². The Hall–Kier alpha value is -1.33. The lowest BCUT2D eigenvalue weighted by Gasteiger charge is -2.25. The minimum Gasteiger partial charge on any atom is -0.346 e. The molecule has 1 aromatic heterocycles. The summed E-state index contributed by atoms with van der Waals surface area (Å²) in [5.74, 6) is -0.868. The highest BCUT2D eigenvalue weighted by molar-refractivity contribution is 7.52. The summed E-state index contributed by atoms with van der Waals surface area (Å²) in [7, 11) is -3.22. The Balaban J connectivity index is 1.82. The van der Waals surface area contributed by atoms with E-state index in [9.17, 15) is 9.36 Å². The van der Waals surface area contributed by atoms with Crippen LogP contribution in [-0.2, 0) is 27.8 Å². The molecule has 27 heavy (non-hydrogen) atoms. The zero-order valence-corrected chi connectivity index (χ0v) is 16.4. The number of rotatable bonds is 7. The Kier molecular flexibility index (Phi) is 5.74. The van der Waals surface area contributed by atoms with Crippen LogP contribution in [-0.4, -0.2) is 58.7 Å². The number of ether oxygens (including phenoxy) is 3. The molecule has 2 aliphatic heterocycles. The van der Waals surface area contributed by atoms with Crippen molar-refractivity contribution in [3.05, 3.63) is 22.7 Å². The van der Waals surface area contributed by atoms with Gasteiger partial charge in [0.1, 0.15) is 18.3 Å². The van der Waals surface area contributed by atoms with E-state index < -0.39 is 43.6 Å². The predicted molar refractivity (Wildman–Crippen MR) is 92.7 cm³/mol. The molecule has 0 aromatic carbocycles. The molecule has 3 heterocycles. The maximum atomic E-state index is 12.3. The van der Waals surface area contributed by atoms with Gasteiger partial charge < -0.3 is 23.3 Å². The van der Waals surface area contributed by atoms with Crippen molar-refractivity contribution in [1.82, 2.24) is 9.55 Å². The number of hydrogen-bond acceptors (Lipinski definition) is 10. The van der Waals surface area contributed by atoms with Crippen LogP contribution in [0.1, 0.15) is 27.0 Å². The molecule has 12 heteroatoms. The molecule has 0 bridgehead atoms. The van der Waals surface area contributed by atoms with Gasteiger partial charge in [-0.25, -0.2) is 4.79 Å². The largest absolute Gasteiger partial charge is 0.351 e. The third-order valence-electron chi connectivity index (χ3n) is 4.18. The number of hydrogen-bond donors (Lipinski definition) is 2. The summed E-state index contributed by atoms with van der Waals surface area (Å²) >= 11 is 0. The molecule has 0 saturated carbocycles. The molecule has 3 rings (SSSR count). The van der Waals surface area contributed by atoms with E-state index in [4.69, 9.17) is 28.5 Å². The normalized spacial score (nSPS) is 31.4. The summed E-state index contributed by atoms with van der Waals surface area (Å²) in [4.78, 5) is 16.0. The fourth-order valence-corrected chi connectivity index (χ4v) is 4.13. The van der Waals surface area contributed by atoms with E-state index >= 15 is 0 Å². The smallest absolute Gasteiger partial charge is 0.346 e. The highest BCUT2D eigenvalue weighted by atomic mass is 31.2. The van der Waals surface area contributed by atoms with Gasteiger partial charge in [0.05, 0.1) is 13.2 Å². The second-order valence-electron chi connectivity index (χ2n) is 6.73. The lowest BCUT2D eigenvalue weighted by atomic mass is 10.1. The standard InChI is InChI=1S/C15H24N3O8P/c1-5-22-27(4,21)23-8-9-11-12(26-15(2,3)25-11)13(24-9)18-7-6-10(17-20)16-14(18)19/h6-7,9,11-13,20H,5,8H2,1-4H3,(H,16,17,19)/t9-,11+,12?,13-,27?/m1/s1. The molecule has 11 nitrogen and oxygen atoms in total. The van der Waals surface area contributed by atoms with Crippen LogP contribution in [0.3, 0.4) is 0 Å². The first-order valence-electron chi connectivity index (χ1n) is 8.53. The molecule has 5 atom stereocenters. The van der Waals surface area contributed by atoms with Crippen molar-refractivity contribution in [2.75, 3.05) is 25.4 Å². The molecular formula is C15H24N3O8P. The van der Waals surface area contributed by atoms with E-state index in [0.717, 1.165) is 0 Å². The number of anilines is 1. The lowest BCUT2D eigenvalue weighted by molar-refractivity contribution is -0.200. The first-order valence-corrected chi connectivity index (χ1v) is 10.5. The molecular weight excluding hydrogens is 381 g/mol. The quantitative estimate of drug-likeness (QED) is 0.506. The van der Waals surface area contributed by atoms with Crippen LogP contribution in [0, 0.1) is 0 Å². The Labute approximate surface area is 156 Å². The van der Waals surface area contributed by atoms with Gasteiger partial charge in [-0.15, -0.1) is 0 Å². The zero-order valence-electron chi connectivity index (χ0n) is 15.5. The molecule has 0 radical (unpaired) electrons. The van der Waals surface area contributed by atoms with Gasteiger partial charge in [0.2, 0.25) is 0 Å². The van der Waals surface area contributed by atoms with Gasteiger partial charge in [0, 0.05) is 12.9 Å². The minimum absolute atomic E-state index is 0.0123. The lowest BCUT2D eigenvalue weighted by Crippen LogP contribution is -2.34. The summed E-state index contributed by atoms with van der Waals surface area (Å²) in [6.45, 7) is 6.82. The first-order chi connectivity index (χ1) is 12.7. The average Bonchev–Trinajstić information content (AvgIpc) is 3.06. The average molecular weight is 405 g/mol. The van der Waals surface area contributed by atoms with Crippen LogP contribution in [0.15, 0.2) is 17.1 Å². The predicted octanol–water partition coefficient (Wildman–Crippen LogP) is 1.34. The van der Waals surface area contributed by atoms with Crippen molar-refractivity contribution in [1.29, 1.82) is 0 Å². The molecule has 2 fully saturated rings. The first kappa shape index (κ1) is 20.4. The molecule has 0 amide bonds. The topological polar surface area (TPSA) is 130 Å². The number of nitrogens with one attached hydrogen (secondary N) is 1. The van der Waals surface area contributed by atoms with Gasteiger partial charge in [-0.2, -0.15) is 4.98 Å². The number of nitrogens with zero attached hydrogens (tertiary/aromatic N) is 2. The summed E-state index contributed by atoms with van der Waals surface area (Å²) in [5, 5.41) is 8.88. The van der Waals surface area contributed by atoms with E-state index in [0.29, 0.717) is 0 Å². The Morgan fingerprint density at radius 3 is 2.70 bits per heavy atom. The van der Waals surface area contributed by atoms with Gasteiger partial charge in [-0.05, 0) is 26.8 Å². The van der Waals surface area contributed by atoms with Crippen LogP contribution in [0.25, 0.3) is 0 Å². The summed E-state index contributed by atoms with van der Waals surface area (Å²) in [6, 6.07) is 1.42. The van der Waals surface area contributed by atoms with E-state index in [1.165, 1.54) is 23.5 Å². The van der Waals surface area contributed by atoms with Crippen molar-refractivity contribution < 1.29 is 33.0 Å². The fraction of sp³-hybridized carbons (Fsp3) is 0.733. The Morgan fingerprint density at radius 1 is 1.37 bits per heavy atom. The number of aromatic nitrogens is 2. The summed E-state index contributed by atoms with van der Waals surface area (Å²) in [5.41, 5.74) is 1.18. The van der Waals surface area contributed by atoms with E-state index in [2.05, 4.69) is 4.98 Å². The molecule has 2 saturated heterocycles. The van der Waals surface area contributed by atoms with Crippen LogP contribution in [0.2, 0.25) is 0 Å². The van der Waals surface area contributed by atoms with Crippen molar-refractivity contribution in [2.45, 2.75) is 51.1 Å². The van der Waals surface area contributed by atoms with Gasteiger partial charge in [0.15, 0.2) is 17.8 Å². The highest BCUT2D eigenvalue weighted by Gasteiger charge is 2.56. The minimum atomic E-state index is -3.22.